The van der Waals surface area contributed by atoms with Crippen LogP contribution in [-0.4, -0.2) is 43.7 Å². The fourth-order valence-electron chi connectivity index (χ4n) is 1.92. The minimum atomic E-state index is 0.165. The number of carbonyl (C=O) groups excluding carboxylic acids is 1. The first-order valence-electron chi connectivity index (χ1n) is 6.71. The number of hydrogen-bond acceptors (Lipinski definition) is 3. The van der Waals surface area contributed by atoms with Crippen molar-refractivity contribution in [2.24, 2.45) is 0 Å². The molecular formula is C16H20N2OS. The fraction of sp³-hybridized carbons (Fsp3) is 0.312. The van der Waals surface area contributed by atoms with E-state index in [1.165, 1.54) is 10.8 Å². The number of nitrogens with one attached hydrogen (secondary N) is 1. The van der Waals surface area contributed by atoms with Crippen LogP contribution in [-0.2, 0) is 4.79 Å². The molecule has 2 aromatic carbocycles. The highest BCUT2D eigenvalue weighted by Gasteiger charge is 2.08. The quantitative estimate of drug-likeness (QED) is 0.829. The van der Waals surface area contributed by atoms with Gasteiger partial charge in [0.25, 0.3) is 0 Å². The molecule has 0 aliphatic heterocycles. The van der Waals surface area contributed by atoms with Crippen molar-refractivity contribution in [1.29, 1.82) is 0 Å². The summed E-state index contributed by atoms with van der Waals surface area (Å²) in [5.41, 5.74) is 0. The second-order valence-electron chi connectivity index (χ2n) is 4.72. The molecule has 106 valence electrons. The molecule has 0 fully saturated rings. The van der Waals surface area contributed by atoms with E-state index in [0.717, 1.165) is 18.0 Å². The molecule has 0 bridgehead atoms. The van der Waals surface area contributed by atoms with Gasteiger partial charge in [-0.1, -0.05) is 30.3 Å². The van der Waals surface area contributed by atoms with Crippen molar-refractivity contribution in [3.8, 4) is 0 Å². The monoisotopic (exact) mass is 288 g/mol. The lowest BCUT2D eigenvalue weighted by Crippen LogP contribution is -2.33. The number of thioether (sulfide) groups is 1. The Morgan fingerprint density at radius 1 is 1.20 bits per heavy atom. The second kappa shape index (κ2) is 7.31. The van der Waals surface area contributed by atoms with Crippen molar-refractivity contribution in [3.63, 3.8) is 0 Å². The average Bonchev–Trinajstić information content (AvgIpc) is 2.50. The number of rotatable bonds is 6. The summed E-state index contributed by atoms with van der Waals surface area (Å²) in [7, 11) is 3.74. The minimum Gasteiger partial charge on any atom is -0.344 e. The lowest BCUT2D eigenvalue weighted by molar-refractivity contribution is -0.127. The van der Waals surface area contributed by atoms with Crippen molar-refractivity contribution >= 4 is 28.4 Å². The Balaban J connectivity index is 1.93. The van der Waals surface area contributed by atoms with Gasteiger partial charge in [0, 0.05) is 25.0 Å². The normalized spacial score (nSPS) is 10.7. The van der Waals surface area contributed by atoms with Gasteiger partial charge in [0.2, 0.25) is 5.91 Å². The Labute approximate surface area is 124 Å². The highest BCUT2D eigenvalue weighted by Crippen LogP contribution is 2.23. The van der Waals surface area contributed by atoms with Crippen LogP contribution in [0.3, 0.4) is 0 Å². The standard InChI is InChI=1S/C16H20N2OS/c1-17-9-10-18(2)16(19)12-20-15-8-7-13-5-3-4-6-14(13)11-15/h3-8,11,17H,9-10,12H2,1-2H3. The Kier molecular flexibility index (Phi) is 5.44. The first kappa shape index (κ1) is 14.9. The summed E-state index contributed by atoms with van der Waals surface area (Å²) in [4.78, 5) is 14.9. The Bertz CT molecular complexity index is 585. The molecule has 0 spiro atoms. The van der Waals surface area contributed by atoms with Gasteiger partial charge in [-0.25, -0.2) is 0 Å². The number of benzene rings is 2. The first-order chi connectivity index (χ1) is 9.70. The zero-order chi connectivity index (χ0) is 14.4. The molecule has 4 heteroatoms. The maximum Gasteiger partial charge on any atom is 0.232 e. The molecule has 20 heavy (non-hydrogen) atoms. The molecule has 0 aliphatic carbocycles. The lowest BCUT2D eigenvalue weighted by Gasteiger charge is -2.16. The molecule has 1 N–H and O–H groups in total. The molecular weight excluding hydrogens is 268 g/mol. The van der Waals surface area contributed by atoms with Gasteiger partial charge in [-0.05, 0) is 30.0 Å². The number of hydrogen-bond donors (Lipinski definition) is 1. The van der Waals surface area contributed by atoms with Crippen LogP contribution in [0.4, 0.5) is 0 Å². The van der Waals surface area contributed by atoms with Gasteiger partial charge in [-0.3, -0.25) is 4.79 Å². The van der Waals surface area contributed by atoms with Crippen molar-refractivity contribution in [2.75, 3.05) is 32.9 Å². The van der Waals surface area contributed by atoms with Crippen LogP contribution in [0.2, 0.25) is 0 Å². The van der Waals surface area contributed by atoms with Crippen LogP contribution >= 0.6 is 11.8 Å². The van der Waals surface area contributed by atoms with Crippen molar-refractivity contribution in [1.82, 2.24) is 10.2 Å². The van der Waals surface area contributed by atoms with Gasteiger partial charge in [-0.2, -0.15) is 0 Å². The summed E-state index contributed by atoms with van der Waals surface area (Å²) >= 11 is 1.59. The van der Waals surface area contributed by atoms with Crippen LogP contribution < -0.4 is 5.32 Å². The van der Waals surface area contributed by atoms with E-state index >= 15 is 0 Å². The van der Waals surface area contributed by atoms with Crippen LogP contribution in [0.25, 0.3) is 10.8 Å². The Morgan fingerprint density at radius 2 is 1.95 bits per heavy atom. The summed E-state index contributed by atoms with van der Waals surface area (Å²) in [5, 5.41) is 5.49. The topological polar surface area (TPSA) is 32.3 Å². The zero-order valence-corrected chi connectivity index (χ0v) is 12.7. The van der Waals surface area contributed by atoms with E-state index in [0.29, 0.717) is 5.75 Å². The lowest BCUT2D eigenvalue weighted by atomic mass is 10.1. The minimum absolute atomic E-state index is 0.165. The SMILES string of the molecule is CNCCN(C)C(=O)CSc1ccc2ccccc2c1. The number of fused-ring (bicyclic) bond motifs is 1. The molecule has 0 saturated carbocycles. The summed E-state index contributed by atoms with van der Waals surface area (Å²) in [6, 6.07) is 14.6. The molecule has 0 aromatic heterocycles. The Morgan fingerprint density at radius 3 is 2.70 bits per heavy atom. The Hall–Kier alpha value is -1.52. The molecule has 2 aromatic rings. The maximum absolute atomic E-state index is 12.0. The van der Waals surface area contributed by atoms with E-state index in [1.807, 2.05) is 26.2 Å². The molecule has 0 aliphatic rings. The number of amides is 1. The van der Waals surface area contributed by atoms with Gasteiger partial charge in [-0.15, -0.1) is 11.8 Å². The summed E-state index contributed by atoms with van der Waals surface area (Å²) in [6.07, 6.45) is 0. The fourth-order valence-corrected chi connectivity index (χ4v) is 2.80. The third-order valence-electron chi connectivity index (χ3n) is 3.21. The number of nitrogens with zero attached hydrogens (tertiary/aromatic N) is 1. The largest absolute Gasteiger partial charge is 0.344 e. The molecule has 0 saturated heterocycles. The van der Waals surface area contributed by atoms with E-state index in [4.69, 9.17) is 0 Å². The maximum atomic E-state index is 12.0. The van der Waals surface area contributed by atoms with Gasteiger partial charge in [0.05, 0.1) is 5.75 Å². The third kappa shape index (κ3) is 3.99. The van der Waals surface area contributed by atoms with Crippen molar-refractivity contribution in [2.45, 2.75) is 4.90 Å². The molecule has 2 rings (SSSR count). The molecule has 0 radical (unpaired) electrons. The summed E-state index contributed by atoms with van der Waals surface area (Å²) in [5.74, 6) is 0.650. The average molecular weight is 288 g/mol. The van der Waals surface area contributed by atoms with E-state index < -0.39 is 0 Å². The number of likely N-dealkylation sites (N-methyl/N-ethyl adjacent to an activating group) is 2. The molecule has 0 atom stereocenters. The van der Waals surface area contributed by atoms with Crippen LogP contribution in [0, 0.1) is 0 Å². The summed E-state index contributed by atoms with van der Waals surface area (Å²) in [6.45, 7) is 1.57. The zero-order valence-electron chi connectivity index (χ0n) is 11.9. The highest BCUT2D eigenvalue weighted by molar-refractivity contribution is 8.00. The highest BCUT2D eigenvalue weighted by atomic mass is 32.2. The predicted octanol–water partition coefficient (Wildman–Crippen LogP) is 2.61. The smallest absolute Gasteiger partial charge is 0.232 e. The van der Waals surface area contributed by atoms with Crippen molar-refractivity contribution in [3.05, 3.63) is 42.5 Å². The third-order valence-corrected chi connectivity index (χ3v) is 4.18. The van der Waals surface area contributed by atoms with Crippen molar-refractivity contribution < 1.29 is 4.79 Å². The van der Waals surface area contributed by atoms with Gasteiger partial charge < -0.3 is 10.2 Å². The number of carbonyl (C=O) groups is 1. The predicted molar refractivity (Wildman–Crippen MR) is 86.2 cm³/mol. The van der Waals surface area contributed by atoms with Crippen LogP contribution in [0.1, 0.15) is 0 Å². The molecule has 0 heterocycles. The van der Waals surface area contributed by atoms with Gasteiger partial charge in [0.15, 0.2) is 0 Å². The van der Waals surface area contributed by atoms with E-state index in [1.54, 1.807) is 16.7 Å². The van der Waals surface area contributed by atoms with E-state index in [2.05, 4.69) is 35.6 Å². The summed E-state index contributed by atoms with van der Waals surface area (Å²) < 4.78 is 0. The molecule has 3 nitrogen and oxygen atoms in total. The van der Waals surface area contributed by atoms with Gasteiger partial charge >= 0.3 is 0 Å². The van der Waals surface area contributed by atoms with Crippen LogP contribution in [0.15, 0.2) is 47.4 Å². The van der Waals surface area contributed by atoms with E-state index in [-0.39, 0.29) is 5.91 Å². The molecule has 1 amide bonds. The molecule has 0 unspecified atom stereocenters. The van der Waals surface area contributed by atoms with Crippen LogP contribution in [0.5, 0.6) is 0 Å². The second-order valence-corrected chi connectivity index (χ2v) is 5.77. The first-order valence-corrected chi connectivity index (χ1v) is 7.69. The van der Waals surface area contributed by atoms with E-state index in [9.17, 15) is 4.79 Å². The van der Waals surface area contributed by atoms with Gasteiger partial charge in [0.1, 0.15) is 0 Å².